The van der Waals surface area contributed by atoms with Gasteiger partial charge < -0.3 is 15.4 Å². The van der Waals surface area contributed by atoms with Crippen LogP contribution in [0, 0.1) is 0 Å². The fourth-order valence-corrected chi connectivity index (χ4v) is 3.52. The number of nitrogens with zero attached hydrogens (tertiary/aromatic N) is 4. The molecule has 2 aromatic rings. The van der Waals surface area contributed by atoms with Crippen molar-refractivity contribution in [3.05, 3.63) is 34.0 Å². The number of thiophene rings is 1. The van der Waals surface area contributed by atoms with E-state index in [1.807, 2.05) is 4.68 Å². The van der Waals surface area contributed by atoms with E-state index in [4.69, 9.17) is 4.74 Å². The van der Waals surface area contributed by atoms with Crippen molar-refractivity contribution in [2.24, 2.45) is 4.99 Å². The Balaban J connectivity index is 0.00000225. The molecule has 0 spiro atoms. The van der Waals surface area contributed by atoms with Crippen LogP contribution in [-0.4, -0.2) is 47.5 Å². The molecule has 2 aromatic heterocycles. The first-order chi connectivity index (χ1) is 11.8. The zero-order chi connectivity index (χ0) is 16.8. The van der Waals surface area contributed by atoms with Gasteiger partial charge in [0, 0.05) is 38.0 Å². The van der Waals surface area contributed by atoms with E-state index in [-0.39, 0.29) is 24.0 Å². The van der Waals surface area contributed by atoms with Crippen molar-refractivity contribution in [1.29, 1.82) is 0 Å². The van der Waals surface area contributed by atoms with Gasteiger partial charge in [0.05, 0.1) is 6.54 Å². The molecule has 0 fully saturated rings. The molecule has 0 aromatic carbocycles. The van der Waals surface area contributed by atoms with Crippen molar-refractivity contribution in [2.45, 2.75) is 38.5 Å². The SMILES string of the molecule is CN=C(NCCc1cccs1)NC1CCc2nc(COC)nn2C1.I. The smallest absolute Gasteiger partial charge is 0.191 e. The number of fused-ring (bicyclic) bond motifs is 1. The van der Waals surface area contributed by atoms with Crippen molar-refractivity contribution in [1.82, 2.24) is 25.4 Å². The molecule has 0 radical (unpaired) electrons. The average molecular weight is 476 g/mol. The Morgan fingerprint density at radius 2 is 2.40 bits per heavy atom. The number of aryl methyl sites for hydroxylation is 1. The van der Waals surface area contributed by atoms with Gasteiger partial charge in [-0.05, 0) is 24.3 Å². The van der Waals surface area contributed by atoms with Crippen molar-refractivity contribution >= 4 is 41.3 Å². The van der Waals surface area contributed by atoms with Gasteiger partial charge in [-0.1, -0.05) is 6.07 Å². The number of ether oxygens (including phenoxy) is 1. The number of guanidine groups is 1. The standard InChI is InChI=1S/C16H24N6OS.HI/c1-17-16(18-8-7-13-4-3-9-24-13)19-12-5-6-15-20-14(11-23-2)21-22(15)10-12;/h3-4,9,12H,5-8,10-11H2,1-2H3,(H2,17,18,19);1H. The maximum atomic E-state index is 5.11. The Morgan fingerprint density at radius 3 is 3.12 bits per heavy atom. The molecule has 3 rings (SSSR count). The first-order valence-corrected chi connectivity index (χ1v) is 9.07. The fourth-order valence-electron chi connectivity index (χ4n) is 2.82. The van der Waals surface area contributed by atoms with Gasteiger partial charge in [0.15, 0.2) is 11.8 Å². The first-order valence-electron chi connectivity index (χ1n) is 8.19. The minimum Gasteiger partial charge on any atom is -0.377 e. The van der Waals surface area contributed by atoms with Crippen LogP contribution in [-0.2, 0) is 30.7 Å². The summed E-state index contributed by atoms with van der Waals surface area (Å²) >= 11 is 1.79. The molecule has 0 saturated heterocycles. The molecule has 0 saturated carbocycles. The second-order valence-corrected chi connectivity index (χ2v) is 6.80. The number of aromatic nitrogens is 3. The largest absolute Gasteiger partial charge is 0.377 e. The number of aliphatic imine (C=N–C) groups is 1. The molecule has 3 heterocycles. The van der Waals surface area contributed by atoms with Gasteiger partial charge in [-0.15, -0.1) is 35.3 Å². The lowest BCUT2D eigenvalue weighted by molar-refractivity contribution is 0.177. The predicted molar refractivity (Wildman–Crippen MR) is 111 cm³/mol. The van der Waals surface area contributed by atoms with E-state index in [0.717, 1.165) is 50.0 Å². The highest BCUT2D eigenvalue weighted by molar-refractivity contribution is 14.0. The van der Waals surface area contributed by atoms with Gasteiger partial charge in [-0.25, -0.2) is 9.67 Å². The molecular formula is C16H25IN6OS. The van der Waals surface area contributed by atoms with Crippen LogP contribution in [0.25, 0.3) is 0 Å². The third kappa shape index (κ3) is 5.65. The van der Waals surface area contributed by atoms with Gasteiger partial charge in [-0.2, -0.15) is 5.10 Å². The molecule has 1 aliphatic heterocycles. The van der Waals surface area contributed by atoms with E-state index in [9.17, 15) is 0 Å². The quantitative estimate of drug-likeness (QED) is 0.378. The first kappa shape index (κ1) is 20.1. The highest BCUT2D eigenvalue weighted by Gasteiger charge is 2.22. The van der Waals surface area contributed by atoms with Crippen LogP contribution >= 0.6 is 35.3 Å². The summed E-state index contributed by atoms with van der Waals surface area (Å²) in [4.78, 5) is 10.2. The van der Waals surface area contributed by atoms with Gasteiger partial charge >= 0.3 is 0 Å². The van der Waals surface area contributed by atoms with Crippen molar-refractivity contribution in [3.8, 4) is 0 Å². The molecule has 7 nitrogen and oxygen atoms in total. The summed E-state index contributed by atoms with van der Waals surface area (Å²) in [7, 11) is 3.47. The lowest BCUT2D eigenvalue weighted by Gasteiger charge is -2.25. The number of hydrogen-bond donors (Lipinski definition) is 2. The highest BCUT2D eigenvalue weighted by atomic mass is 127. The Bertz CT molecular complexity index is 672. The minimum atomic E-state index is 0. The molecule has 0 bridgehead atoms. The molecule has 25 heavy (non-hydrogen) atoms. The van der Waals surface area contributed by atoms with Crippen molar-refractivity contribution in [2.75, 3.05) is 20.7 Å². The third-order valence-electron chi connectivity index (χ3n) is 3.98. The number of nitrogens with one attached hydrogen (secondary N) is 2. The Kier molecular flexibility index (Phi) is 8.10. The Labute approximate surface area is 169 Å². The van der Waals surface area contributed by atoms with Crippen LogP contribution in [0.3, 0.4) is 0 Å². The van der Waals surface area contributed by atoms with E-state index >= 15 is 0 Å². The molecule has 138 valence electrons. The third-order valence-corrected chi connectivity index (χ3v) is 4.92. The predicted octanol–water partition coefficient (Wildman–Crippen LogP) is 1.83. The summed E-state index contributed by atoms with van der Waals surface area (Å²) in [5, 5.41) is 13.5. The van der Waals surface area contributed by atoms with Crippen molar-refractivity contribution in [3.63, 3.8) is 0 Å². The summed E-state index contributed by atoms with van der Waals surface area (Å²) in [6.45, 7) is 2.14. The van der Waals surface area contributed by atoms with Crippen LogP contribution in [0.4, 0.5) is 0 Å². The van der Waals surface area contributed by atoms with E-state index < -0.39 is 0 Å². The van der Waals surface area contributed by atoms with Crippen LogP contribution in [0.15, 0.2) is 22.5 Å². The number of hydrogen-bond acceptors (Lipinski definition) is 5. The van der Waals surface area contributed by atoms with Crippen LogP contribution < -0.4 is 10.6 Å². The van der Waals surface area contributed by atoms with E-state index in [2.05, 4.69) is 43.2 Å². The maximum absolute atomic E-state index is 5.11. The number of halogens is 1. The van der Waals surface area contributed by atoms with E-state index in [1.54, 1.807) is 25.5 Å². The molecule has 1 unspecified atom stereocenters. The van der Waals surface area contributed by atoms with Crippen LogP contribution in [0.2, 0.25) is 0 Å². The normalized spacial score (nSPS) is 16.9. The molecule has 2 N–H and O–H groups in total. The minimum absolute atomic E-state index is 0. The summed E-state index contributed by atoms with van der Waals surface area (Å²) in [5.41, 5.74) is 0. The van der Waals surface area contributed by atoms with E-state index in [0.29, 0.717) is 12.6 Å². The molecule has 9 heteroatoms. The molecule has 0 amide bonds. The molecule has 1 aliphatic rings. The van der Waals surface area contributed by atoms with Gasteiger partial charge in [-0.3, -0.25) is 4.99 Å². The number of rotatable bonds is 6. The topological polar surface area (TPSA) is 76.4 Å². The maximum Gasteiger partial charge on any atom is 0.191 e. The lowest BCUT2D eigenvalue weighted by atomic mass is 10.1. The molecular weight excluding hydrogens is 451 g/mol. The summed E-state index contributed by atoms with van der Waals surface area (Å²) in [6, 6.07) is 4.55. The van der Waals surface area contributed by atoms with Gasteiger partial charge in [0.1, 0.15) is 12.4 Å². The molecule has 0 aliphatic carbocycles. The number of methoxy groups -OCH3 is 1. The second-order valence-electron chi connectivity index (χ2n) is 5.77. The Morgan fingerprint density at radius 1 is 1.52 bits per heavy atom. The zero-order valence-electron chi connectivity index (χ0n) is 14.6. The highest BCUT2D eigenvalue weighted by Crippen LogP contribution is 2.13. The fraction of sp³-hybridized carbons (Fsp3) is 0.562. The lowest BCUT2D eigenvalue weighted by Crippen LogP contribution is -2.47. The second kappa shape index (κ2) is 10.1. The summed E-state index contributed by atoms with van der Waals surface area (Å²) < 4.78 is 7.09. The average Bonchev–Trinajstić information content (AvgIpc) is 3.23. The van der Waals surface area contributed by atoms with Crippen molar-refractivity contribution < 1.29 is 4.74 Å². The summed E-state index contributed by atoms with van der Waals surface area (Å²) in [5.74, 6) is 2.64. The summed E-state index contributed by atoms with van der Waals surface area (Å²) in [6.07, 6.45) is 2.95. The monoisotopic (exact) mass is 476 g/mol. The Hall–Kier alpha value is -1.20. The van der Waals surface area contributed by atoms with E-state index in [1.165, 1.54) is 4.88 Å². The van der Waals surface area contributed by atoms with Gasteiger partial charge in [0.25, 0.3) is 0 Å². The van der Waals surface area contributed by atoms with Gasteiger partial charge in [0.2, 0.25) is 0 Å². The molecule has 1 atom stereocenters. The van der Waals surface area contributed by atoms with Crippen LogP contribution in [0.1, 0.15) is 22.9 Å². The zero-order valence-corrected chi connectivity index (χ0v) is 17.7. The van der Waals surface area contributed by atoms with Crippen LogP contribution in [0.5, 0.6) is 0 Å².